The first kappa shape index (κ1) is 18.3. The van der Waals surface area contributed by atoms with E-state index in [0.717, 1.165) is 0 Å². The van der Waals surface area contributed by atoms with Crippen LogP contribution in [0.4, 0.5) is 0 Å². The molecule has 0 N–H and O–H groups in total. The molecule has 0 fully saturated rings. The van der Waals surface area contributed by atoms with E-state index in [-0.39, 0.29) is 46.5 Å². The van der Waals surface area contributed by atoms with Crippen LogP contribution in [-0.4, -0.2) is 0 Å². The average molecular weight is 324 g/mol. The molecule has 0 spiro atoms. The third-order valence-electron chi connectivity index (χ3n) is 3.09. The van der Waals surface area contributed by atoms with Crippen LogP contribution in [0, 0.1) is 6.92 Å². The molecular formula is C16H13Cl2Ti. The number of benzene rings is 2. The van der Waals surface area contributed by atoms with E-state index in [4.69, 9.17) is 0 Å². The van der Waals surface area contributed by atoms with Gasteiger partial charge >= 0.3 is 21.7 Å². The number of hydrogen-bond acceptors (Lipinski definition) is 0. The van der Waals surface area contributed by atoms with Crippen molar-refractivity contribution in [3.8, 4) is 11.1 Å². The van der Waals surface area contributed by atoms with E-state index < -0.39 is 0 Å². The first-order chi connectivity index (χ1) is 7.86. The largest absolute Gasteiger partial charge is 3.00 e. The molecule has 0 atom stereocenters. The van der Waals surface area contributed by atoms with Gasteiger partial charge in [-0.05, 0) is 5.56 Å². The maximum atomic E-state index is 2.20. The second kappa shape index (κ2) is 7.82. The van der Waals surface area contributed by atoms with Gasteiger partial charge in [-0.1, -0.05) is 48.9 Å². The molecule has 3 aromatic rings. The molecule has 19 heavy (non-hydrogen) atoms. The standard InChI is InChI=1S/C16H13.2ClH.Ti/c1-12-10-11-14-8-5-9-15(16(12)14)13-6-3-2-4-7-13;;;/h2-11H,1H3;2*1H;/q-1;;;+3/p-2. The summed E-state index contributed by atoms with van der Waals surface area (Å²) in [6.45, 7) is 2.18. The zero-order valence-corrected chi connectivity index (χ0v) is 13.6. The fourth-order valence-corrected chi connectivity index (χ4v) is 2.31. The van der Waals surface area contributed by atoms with Crippen molar-refractivity contribution in [2.24, 2.45) is 0 Å². The van der Waals surface area contributed by atoms with Gasteiger partial charge in [-0.2, -0.15) is 11.6 Å². The van der Waals surface area contributed by atoms with Crippen molar-refractivity contribution in [1.82, 2.24) is 0 Å². The molecule has 0 aromatic heterocycles. The van der Waals surface area contributed by atoms with Crippen LogP contribution in [0.1, 0.15) is 5.56 Å². The summed E-state index contributed by atoms with van der Waals surface area (Å²) in [5, 5.41) is 2.72. The quantitative estimate of drug-likeness (QED) is 0.379. The molecule has 0 nitrogen and oxygen atoms in total. The van der Waals surface area contributed by atoms with Crippen LogP contribution in [0.2, 0.25) is 0 Å². The first-order valence-electron chi connectivity index (χ1n) is 5.57. The molecule has 0 saturated heterocycles. The third kappa shape index (κ3) is 3.46. The Labute approximate surface area is 141 Å². The molecule has 1 radical (unpaired) electrons. The zero-order valence-electron chi connectivity index (χ0n) is 10.5. The van der Waals surface area contributed by atoms with Gasteiger partial charge in [0, 0.05) is 0 Å². The zero-order chi connectivity index (χ0) is 11.0. The minimum absolute atomic E-state index is 0. The van der Waals surface area contributed by atoms with E-state index in [2.05, 4.69) is 67.6 Å². The Morgan fingerprint density at radius 2 is 1.53 bits per heavy atom. The summed E-state index contributed by atoms with van der Waals surface area (Å²) in [5.41, 5.74) is 3.98. The third-order valence-corrected chi connectivity index (χ3v) is 3.09. The molecule has 0 heterocycles. The number of halogens is 2. The number of aryl methyl sites for hydroxylation is 1. The van der Waals surface area contributed by atoms with E-state index in [9.17, 15) is 0 Å². The molecule has 0 aliphatic carbocycles. The van der Waals surface area contributed by atoms with E-state index in [1.54, 1.807) is 0 Å². The Morgan fingerprint density at radius 3 is 2.21 bits per heavy atom. The molecule has 0 amide bonds. The van der Waals surface area contributed by atoms with Crippen LogP contribution in [0.3, 0.4) is 0 Å². The van der Waals surface area contributed by atoms with E-state index >= 15 is 0 Å². The van der Waals surface area contributed by atoms with Crippen LogP contribution in [-0.2, 0) is 21.7 Å². The van der Waals surface area contributed by atoms with Crippen molar-refractivity contribution in [1.29, 1.82) is 0 Å². The second-order valence-corrected chi connectivity index (χ2v) is 4.15. The molecule has 3 heteroatoms. The Hall–Kier alpha value is -0.656. The fraction of sp³-hybridized carbons (Fsp3) is 0.0625. The molecule has 0 bridgehead atoms. The fourth-order valence-electron chi connectivity index (χ4n) is 2.31. The van der Waals surface area contributed by atoms with Gasteiger partial charge < -0.3 is 24.8 Å². The summed E-state index contributed by atoms with van der Waals surface area (Å²) < 4.78 is 0. The molecular weight excluding hydrogens is 311 g/mol. The van der Waals surface area contributed by atoms with Crippen LogP contribution in [0.5, 0.6) is 0 Å². The number of hydrogen-bond donors (Lipinski definition) is 0. The Bertz CT molecular complexity index is 630. The van der Waals surface area contributed by atoms with E-state index in [0.29, 0.717) is 0 Å². The summed E-state index contributed by atoms with van der Waals surface area (Å²) in [7, 11) is 0. The van der Waals surface area contributed by atoms with Crippen molar-refractivity contribution in [3.05, 3.63) is 66.2 Å². The van der Waals surface area contributed by atoms with E-state index in [1.165, 1.54) is 27.5 Å². The molecule has 95 valence electrons. The normalized spacial score (nSPS) is 9.11. The minimum Gasteiger partial charge on any atom is -1.00 e. The predicted molar refractivity (Wildman–Crippen MR) is 69.7 cm³/mol. The SMILES string of the molecule is Cc1c[cH-]c2cccc(-c3ccccc3)c12.[Cl-].[Cl-].[Ti+3]. The maximum absolute atomic E-state index is 2.20. The maximum Gasteiger partial charge on any atom is 3.00 e. The Kier molecular flexibility index (Phi) is 7.55. The Balaban J connectivity index is 0.00000108. The summed E-state index contributed by atoms with van der Waals surface area (Å²) in [5.74, 6) is 0. The Morgan fingerprint density at radius 1 is 0.842 bits per heavy atom. The molecule has 3 rings (SSSR count). The van der Waals surface area contributed by atoms with Crippen LogP contribution >= 0.6 is 0 Å². The number of fused-ring (bicyclic) bond motifs is 1. The molecule has 0 saturated carbocycles. The average Bonchev–Trinajstić information content (AvgIpc) is 2.73. The van der Waals surface area contributed by atoms with Gasteiger partial charge in [0.2, 0.25) is 0 Å². The smallest absolute Gasteiger partial charge is 1.00 e. The summed E-state index contributed by atoms with van der Waals surface area (Å²) in [4.78, 5) is 0. The van der Waals surface area contributed by atoms with Gasteiger partial charge in [0.25, 0.3) is 0 Å². The topological polar surface area (TPSA) is 0 Å². The molecule has 3 aromatic carbocycles. The minimum atomic E-state index is 0. The first-order valence-corrected chi connectivity index (χ1v) is 5.57. The van der Waals surface area contributed by atoms with Crippen molar-refractivity contribution < 1.29 is 46.5 Å². The summed E-state index contributed by atoms with van der Waals surface area (Å²) >= 11 is 0. The summed E-state index contributed by atoms with van der Waals surface area (Å²) in [6, 6.07) is 21.5. The molecule has 0 unspecified atom stereocenters. The van der Waals surface area contributed by atoms with Gasteiger partial charge in [-0.3, -0.25) is 0 Å². The van der Waals surface area contributed by atoms with Gasteiger partial charge in [-0.15, -0.1) is 29.0 Å². The monoisotopic (exact) mass is 323 g/mol. The van der Waals surface area contributed by atoms with Gasteiger partial charge in [0.05, 0.1) is 0 Å². The van der Waals surface area contributed by atoms with Crippen LogP contribution in [0.25, 0.3) is 21.9 Å². The van der Waals surface area contributed by atoms with Gasteiger partial charge in [0.1, 0.15) is 0 Å². The van der Waals surface area contributed by atoms with Crippen molar-refractivity contribution >= 4 is 10.8 Å². The number of rotatable bonds is 1. The van der Waals surface area contributed by atoms with Crippen molar-refractivity contribution in [3.63, 3.8) is 0 Å². The van der Waals surface area contributed by atoms with E-state index in [1.807, 2.05) is 0 Å². The predicted octanol–water partition coefficient (Wildman–Crippen LogP) is -1.46. The van der Waals surface area contributed by atoms with Crippen LogP contribution < -0.4 is 24.8 Å². The second-order valence-electron chi connectivity index (χ2n) is 4.15. The van der Waals surface area contributed by atoms with Gasteiger partial charge in [-0.25, -0.2) is 0 Å². The molecule has 0 aliphatic rings. The van der Waals surface area contributed by atoms with Gasteiger partial charge in [0.15, 0.2) is 0 Å². The summed E-state index contributed by atoms with van der Waals surface area (Å²) in [6.07, 6.45) is 0. The van der Waals surface area contributed by atoms with Crippen molar-refractivity contribution in [2.75, 3.05) is 0 Å². The van der Waals surface area contributed by atoms with Crippen molar-refractivity contribution in [2.45, 2.75) is 6.92 Å². The van der Waals surface area contributed by atoms with Crippen LogP contribution in [0.15, 0.2) is 60.7 Å². The molecule has 0 aliphatic heterocycles.